The summed E-state index contributed by atoms with van der Waals surface area (Å²) in [4.78, 5) is 6.78. The number of sulfone groups is 1. The van der Waals surface area contributed by atoms with Gasteiger partial charge < -0.3 is 4.52 Å². The van der Waals surface area contributed by atoms with Gasteiger partial charge in [-0.05, 0) is 38.1 Å². The normalized spacial score (nSPS) is 13.4. The number of aromatic nitrogens is 2. The molecule has 1 atom stereocenters. The molecule has 0 N–H and O–H groups in total. The molecule has 7 heteroatoms. The standard InChI is InChI=1S/C16H23N3O3S/c1-5-6-15-17-16(22-18-15)11-19(3)12(2)13-7-9-14(10-8-13)23(4,20)21/h7-10,12H,5-6,11H2,1-4H3/t12-/m0/s1. The molecule has 0 radical (unpaired) electrons. The Morgan fingerprint density at radius 1 is 1.26 bits per heavy atom. The number of nitrogens with zero attached hydrogens (tertiary/aromatic N) is 3. The summed E-state index contributed by atoms with van der Waals surface area (Å²) < 4.78 is 28.3. The molecule has 1 aromatic heterocycles. The highest BCUT2D eigenvalue weighted by molar-refractivity contribution is 7.90. The molecule has 0 unspecified atom stereocenters. The third-order valence-corrected chi connectivity index (χ3v) is 4.95. The van der Waals surface area contributed by atoms with Crippen molar-refractivity contribution >= 4 is 9.84 Å². The Kier molecular flexibility index (Phi) is 5.54. The van der Waals surface area contributed by atoms with Crippen LogP contribution in [-0.2, 0) is 22.8 Å². The summed E-state index contributed by atoms with van der Waals surface area (Å²) in [5.74, 6) is 1.33. The van der Waals surface area contributed by atoms with Crippen LogP contribution in [0.5, 0.6) is 0 Å². The first kappa shape index (κ1) is 17.6. The van der Waals surface area contributed by atoms with Crippen LogP contribution in [0.3, 0.4) is 0 Å². The highest BCUT2D eigenvalue weighted by Gasteiger charge is 2.16. The largest absolute Gasteiger partial charge is 0.338 e. The van der Waals surface area contributed by atoms with Crippen LogP contribution in [-0.4, -0.2) is 36.8 Å². The molecule has 0 bridgehead atoms. The van der Waals surface area contributed by atoms with E-state index in [1.807, 2.05) is 19.2 Å². The third-order valence-electron chi connectivity index (χ3n) is 3.82. The van der Waals surface area contributed by atoms with Crippen molar-refractivity contribution in [2.45, 2.75) is 44.2 Å². The Labute approximate surface area is 137 Å². The lowest BCUT2D eigenvalue weighted by Crippen LogP contribution is -2.22. The van der Waals surface area contributed by atoms with Gasteiger partial charge in [0.25, 0.3) is 0 Å². The van der Waals surface area contributed by atoms with Gasteiger partial charge in [-0.3, -0.25) is 4.90 Å². The van der Waals surface area contributed by atoms with Gasteiger partial charge in [-0.1, -0.05) is 24.2 Å². The Hall–Kier alpha value is -1.73. The van der Waals surface area contributed by atoms with Gasteiger partial charge in [-0.25, -0.2) is 8.42 Å². The zero-order valence-electron chi connectivity index (χ0n) is 14.0. The second kappa shape index (κ2) is 7.23. The van der Waals surface area contributed by atoms with Crippen molar-refractivity contribution in [1.29, 1.82) is 0 Å². The highest BCUT2D eigenvalue weighted by Crippen LogP contribution is 2.22. The fraction of sp³-hybridized carbons (Fsp3) is 0.500. The molecule has 1 aromatic carbocycles. The van der Waals surface area contributed by atoms with Crippen LogP contribution in [0.1, 0.15) is 43.6 Å². The molecule has 0 spiro atoms. The first-order chi connectivity index (χ1) is 10.8. The Bertz CT molecular complexity index is 738. The van der Waals surface area contributed by atoms with E-state index in [4.69, 9.17) is 4.52 Å². The van der Waals surface area contributed by atoms with Crippen LogP contribution in [0, 0.1) is 0 Å². The van der Waals surface area contributed by atoms with E-state index in [0.29, 0.717) is 17.3 Å². The summed E-state index contributed by atoms with van der Waals surface area (Å²) in [6.07, 6.45) is 3.01. The molecular formula is C16H23N3O3S. The predicted octanol–water partition coefficient (Wildman–Crippen LogP) is 2.62. The molecular weight excluding hydrogens is 314 g/mol. The predicted molar refractivity (Wildman–Crippen MR) is 87.7 cm³/mol. The van der Waals surface area contributed by atoms with Crippen molar-refractivity contribution in [3.63, 3.8) is 0 Å². The van der Waals surface area contributed by atoms with E-state index in [1.54, 1.807) is 12.1 Å². The van der Waals surface area contributed by atoms with Gasteiger partial charge in [0.2, 0.25) is 5.89 Å². The van der Waals surface area contributed by atoms with E-state index in [2.05, 4.69) is 28.9 Å². The molecule has 0 fully saturated rings. The van der Waals surface area contributed by atoms with E-state index in [9.17, 15) is 8.42 Å². The maximum absolute atomic E-state index is 11.5. The van der Waals surface area contributed by atoms with Crippen molar-refractivity contribution < 1.29 is 12.9 Å². The Balaban J connectivity index is 2.05. The zero-order chi connectivity index (χ0) is 17.0. The molecule has 2 rings (SSSR count). The summed E-state index contributed by atoms with van der Waals surface area (Å²) in [6.45, 7) is 4.68. The molecule has 1 heterocycles. The monoisotopic (exact) mass is 337 g/mol. The maximum atomic E-state index is 11.5. The van der Waals surface area contributed by atoms with Gasteiger partial charge in [0.1, 0.15) is 0 Å². The van der Waals surface area contributed by atoms with Crippen LogP contribution in [0.4, 0.5) is 0 Å². The molecule has 23 heavy (non-hydrogen) atoms. The summed E-state index contributed by atoms with van der Waals surface area (Å²) in [7, 11) is -1.19. The smallest absolute Gasteiger partial charge is 0.240 e. The zero-order valence-corrected chi connectivity index (χ0v) is 14.8. The molecule has 2 aromatic rings. The summed E-state index contributed by atoms with van der Waals surface area (Å²) >= 11 is 0. The minimum Gasteiger partial charge on any atom is -0.338 e. The minimum atomic E-state index is -3.16. The molecule has 0 amide bonds. The first-order valence-corrected chi connectivity index (χ1v) is 9.52. The van der Waals surface area contributed by atoms with Gasteiger partial charge >= 0.3 is 0 Å². The van der Waals surface area contributed by atoms with Gasteiger partial charge in [-0.2, -0.15) is 4.98 Å². The van der Waals surface area contributed by atoms with E-state index >= 15 is 0 Å². The molecule has 0 saturated carbocycles. The second-order valence-electron chi connectivity index (χ2n) is 5.79. The summed E-state index contributed by atoms with van der Waals surface area (Å²) in [5.41, 5.74) is 1.04. The van der Waals surface area contributed by atoms with E-state index in [1.165, 1.54) is 6.26 Å². The van der Waals surface area contributed by atoms with E-state index in [0.717, 1.165) is 24.2 Å². The van der Waals surface area contributed by atoms with Crippen LogP contribution in [0.25, 0.3) is 0 Å². The lowest BCUT2D eigenvalue weighted by molar-refractivity contribution is 0.216. The molecule has 126 valence electrons. The van der Waals surface area contributed by atoms with Crippen LogP contribution in [0.15, 0.2) is 33.7 Å². The minimum absolute atomic E-state index is 0.102. The van der Waals surface area contributed by atoms with Gasteiger partial charge in [-0.15, -0.1) is 0 Å². The molecule has 0 aliphatic rings. The Morgan fingerprint density at radius 3 is 2.48 bits per heavy atom. The quantitative estimate of drug-likeness (QED) is 0.773. The highest BCUT2D eigenvalue weighted by atomic mass is 32.2. The van der Waals surface area contributed by atoms with Crippen molar-refractivity contribution in [2.75, 3.05) is 13.3 Å². The number of benzene rings is 1. The van der Waals surface area contributed by atoms with E-state index < -0.39 is 9.84 Å². The summed E-state index contributed by atoms with van der Waals surface area (Å²) in [5, 5.41) is 3.95. The van der Waals surface area contributed by atoms with Gasteiger partial charge in [0.05, 0.1) is 11.4 Å². The average Bonchev–Trinajstić information content (AvgIpc) is 2.93. The van der Waals surface area contributed by atoms with Gasteiger partial charge in [0.15, 0.2) is 15.7 Å². The topological polar surface area (TPSA) is 76.3 Å². The van der Waals surface area contributed by atoms with E-state index in [-0.39, 0.29) is 6.04 Å². The molecule has 6 nitrogen and oxygen atoms in total. The molecule has 0 aliphatic carbocycles. The van der Waals surface area contributed by atoms with Crippen molar-refractivity contribution in [3.8, 4) is 0 Å². The van der Waals surface area contributed by atoms with Crippen LogP contribution in [0.2, 0.25) is 0 Å². The summed E-state index contributed by atoms with van der Waals surface area (Å²) in [6, 6.07) is 7.06. The van der Waals surface area contributed by atoms with Crippen LogP contribution >= 0.6 is 0 Å². The Morgan fingerprint density at radius 2 is 1.91 bits per heavy atom. The lowest BCUT2D eigenvalue weighted by atomic mass is 10.1. The number of aryl methyl sites for hydroxylation is 1. The molecule has 0 aliphatic heterocycles. The van der Waals surface area contributed by atoms with Gasteiger partial charge in [0, 0.05) is 18.7 Å². The third kappa shape index (κ3) is 4.62. The van der Waals surface area contributed by atoms with Crippen molar-refractivity contribution in [2.24, 2.45) is 0 Å². The lowest BCUT2D eigenvalue weighted by Gasteiger charge is -2.23. The molecule has 0 saturated heterocycles. The number of hydrogen-bond donors (Lipinski definition) is 0. The second-order valence-corrected chi connectivity index (χ2v) is 7.80. The van der Waals surface area contributed by atoms with Crippen molar-refractivity contribution in [3.05, 3.63) is 41.5 Å². The number of hydrogen-bond acceptors (Lipinski definition) is 6. The number of rotatable bonds is 7. The fourth-order valence-electron chi connectivity index (χ4n) is 2.28. The SMILES string of the molecule is CCCc1noc(CN(C)[C@@H](C)c2ccc(S(C)(=O)=O)cc2)n1. The maximum Gasteiger partial charge on any atom is 0.240 e. The fourth-order valence-corrected chi connectivity index (χ4v) is 2.91. The first-order valence-electron chi connectivity index (χ1n) is 7.63. The van der Waals surface area contributed by atoms with Crippen molar-refractivity contribution in [1.82, 2.24) is 15.0 Å². The average molecular weight is 337 g/mol. The van der Waals surface area contributed by atoms with Crippen LogP contribution < -0.4 is 0 Å².